The van der Waals surface area contributed by atoms with Crippen LogP contribution in [0.4, 0.5) is 13.2 Å². The molecule has 0 bridgehead atoms. The molecule has 0 amide bonds. The van der Waals surface area contributed by atoms with Gasteiger partial charge >= 0.3 is 6.18 Å². The van der Waals surface area contributed by atoms with Crippen LogP contribution in [-0.2, 0) is 4.79 Å². The van der Waals surface area contributed by atoms with E-state index in [9.17, 15) is 18.0 Å². The number of benzene rings is 1. The molecule has 82 valence electrons. The maximum atomic E-state index is 12.1. The molecule has 1 unspecified atom stereocenters. The molecule has 0 aromatic heterocycles. The van der Waals surface area contributed by atoms with Crippen LogP contribution in [0, 0.1) is 0 Å². The van der Waals surface area contributed by atoms with Gasteiger partial charge in [0.05, 0.1) is 6.42 Å². The van der Waals surface area contributed by atoms with Crippen molar-refractivity contribution in [2.45, 2.75) is 18.5 Å². The van der Waals surface area contributed by atoms with E-state index in [0.717, 1.165) is 0 Å². The molecule has 1 aromatic rings. The van der Waals surface area contributed by atoms with Gasteiger partial charge in [-0.05, 0) is 17.7 Å². The van der Waals surface area contributed by atoms with Gasteiger partial charge in [0, 0.05) is 10.4 Å². The fourth-order valence-corrected chi connectivity index (χ4v) is 1.65. The summed E-state index contributed by atoms with van der Waals surface area (Å²) < 4.78 is 37.0. The van der Waals surface area contributed by atoms with Crippen molar-refractivity contribution in [2.75, 3.05) is 0 Å². The van der Waals surface area contributed by atoms with Gasteiger partial charge in [-0.25, -0.2) is 0 Å². The van der Waals surface area contributed by atoms with E-state index in [2.05, 4.69) is 15.9 Å². The number of carbonyl (C=O) groups is 1. The van der Waals surface area contributed by atoms with Gasteiger partial charge in [-0.15, -0.1) is 0 Å². The van der Waals surface area contributed by atoms with E-state index in [1.807, 2.05) is 0 Å². The molecule has 0 radical (unpaired) electrons. The van der Waals surface area contributed by atoms with Crippen LogP contribution in [0.15, 0.2) is 28.7 Å². The standard InChI is InChI=1S/C10H8BrF3O/c11-9-3-1-2-7(4-9)8(6-15)5-10(12,13)14/h1-4,6,8H,5H2. The molecule has 5 heteroatoms. The average molecular weight is 281 g/mol. The van der Waals surface area contributed by atoms with Crippen LogP contribution in [0.5, 0.6) is 0 Å². The predicted molar refractivity (Wildman–Crippen MR) is 53.6 cm³/mol. The average Bonchev–Trinajstić information content (AvgIpc) is 2.13. The van der Waals surface area contributed by atoms with Gasteiger partial charge in [-0.2, -0.15) is 13.2 Å². The summed E-state index contributed by atoms with van der Waals surface area (Å²) >= 11 is 3.14. The fourth-order valence-electron chi connectivity index (χ4n) is 1.23. The Morgan fingerprint density at radius 3 is 2.53 bits per heavy atom. The maximum Gasteiger partial charge on any atom is 0.390 e. The van der Waals surface area contributed by atoms with E-state index in [4.69, 9.17) is 0 Å². The molecule has 0 fully saturated rings. The number of hydrogen-bond acceptors (Lipinski definition) is 1. The molecule has 0 aliphatic rings. The highest BCUT2D eigenvalue weighted by Crippen LogP contribution is 2.30. The number of halogens is 4. The lowest BCUT2D eigenvalue weighted by atomic mass is 9.97. The molecule has 0 heterocycles. The molecule has 1 nitrogen and oxygen atoms in total. The van der Waals surface area contributed by atoms with Crippen molar-refractivity contribution in [1.82, 2.24) is 0 Å². The highest BCUT2D eigenvalue weighted by Gasteiger charge is 2.32. The SMILES string of the molecule is O=CC(CC(F)(F)F)c1cccc(Br)c1. The highest BCUT2D eigenvalue weighted by atomic mass is 79.9. The zero-order valence-electron chi connectivity index (χ0n) is 7.59. The molecule has 0 aliphatic heterocycles. The number of alkyl halides is 3. The minimum atomic E-state index is -4.33. The monoisotopic (exact) mass is 280 g/mol. The van der Waals surface area contributed by atoms with Gasteiger partial charge < -0.3 is 4.79 Å². The molecular weight excluding hydrogens is 273 g/mol. The lowest BCUT2D eigenvalue weighted by Gasteiger charge is -2.13. The van der Waals surface area contributed by atoms with Crippen molar-refractivity contribution in [3.05, 3.63) is 34.3 Å². The van der Waals surface area contributed by atoms with Crippen LogP contribution in [-0.4, -0.2) is 12.5 Å². The van der Waals surface area contributed by atoms with Gasteiger partial charge in [0.2, 0.25) is 0 Å². The molecule has 0 N–H and O–H groups in total. The second kappa shape index (κ2) is 4.79. The van der Waals surface area contributed by atoms with Crippen molar-refractivity contribution < 1.29 is 18.0 Å². The number of hydrogen-bond donors (Lipinski definition) is 0. The normalized spacial score (nSPS) is 13.6. The Bertz CT molecular complexity index is 349. The Labute approximate surface area is 93.4 Å². The molecular formula is C10H8BrF3O. The Kier molecular flexibility index (Phi) is 3.90. The Morgan fingerprint density at radius 2 is 2.07 bits per heavy atom. The number of carbonyl (C=O) groups excluding carboxylic acids is 1. The van der Waals surface area contributed by atoms with Gasteiger partial charge in [-0.1, -0.05) is 28.1 Å². The first-order valence-electron chi connectivity index (χ1n) is 4.20. The predicted octanol–water partition coefficient (Wildman–Crippen LogP) is 3.68. The lowest BCUT2D eigenvalue weighted by molar-refractivity contribution is -0.143. The summed E-state index contributed by atoms with van der Waals surface area (Å²) in [4.78, 5) is 10.6. The van der Waals surface area contributed by atoms with Crippen LogP contribution in [0.3, 0.4) is 0 Å². The van der Waals surface area contributed by atoms with Crippen LogP contribution in [0.1, 0.15) is 17.9 Å². The fraction of sp³-hybridized carbons (Fsp3) is 0.300. The molecule has 15 heavy (non-hydrogen) atoms. The minimum absolute atomic E-state index is 0.329. The van der Waals surface area contributed by atoms with E-state index >= 15 is 0 Å². The van der Waals surface area contributed by atoms with Crippen molar-refractivity contribution in [3.8, 4) is 0 Å². The Hall–Kier alpha value is -0.840. The van der Waals surface area contributed by atoms with Gasteiger partial charge in [-0.3, -0.25) is 0 Å². The quantitative estimate of drug-likeness (QED) is 0.772. The first-order chi connectivity index (χ1) is 6.92. The summed E-state index contributed by atoms with van der Waals surface area (Å²) in [6.45, 7) is 0. The smallest absolute Gasteiger partial charge is 0.303 e. The summed E-state index contributed by atoms with van der Waals surface area (Å²) in [6, 6.07) is 6.33. The Balaban J connectivity index is 2.88. The topological polar surface area (TPSA) is 17.1 Å². The van der Waals surface area contributed by atoms with Crippen molar-refractivity contribution in [3.63, 3.8) is 0 Å². The third kappa shape index (κ3) is 4.03. The van der Waals surface area contributed by atoms with Crippen LogP contribution >= 0.6 is 15.9 Å². The largest absolute Gasteiger partial charge is 0.390 e. The molecule has 0 saturated carbocycles. The zero-order valence-corrected chi connectivity index (χ0v) is 9.18. The highest BCUT2D eigenvalue weighted by molar-refractivity contribution is 9.10. The third-order valence-electron chi connectivity index (χ3n) is 1.89. The lowest BCUT2D eigenvalue weighted by Crippen LogP contribution is -2.14. The van der Waals surface area contributed by atoms with Gasteiger partial charge in [0.1, 0.15) is 6.29 Å². The number of rotatable bonds is 3. The van der Waals surface area contributed by atoms with E-state index in [-0.39, 0.29) is 0 Å². The van der Waals surface area contributed by atoms with E-state index in [0.29, 0.717) is 16.3 Å². The first kappa shape index (κ1) is 12.2. The second-order valence-corrected chi connectivity index (χ2v) is 4.03. The van der Waals surface area contributed by atoms with Crippen LogP contribution in [0.2, 0.25) is 0 Å². The zero-order chi connectivity index (χ0) is 11.5. The van der Waals surface area contributed by atoms with Crippen molar-refractivity contribution in [1.29, 1.82) is 0 Å². The van der Waals surface area contributed by atoms with E-state index < -0.39 is 18.5 Å². The molecule has 1 atom stereocenters. The molecule has 0 saturated heterocycles. The molecule has 0 spiro atoms. The van der Waals surface area contributed by atoms with E-state index in [1.165, 1.54) is 12.1 Å². The molecule has 1 rings (SSSR count). The summed E-state index contributed by atoms with van der Waals surface area (Å²) in [5.74, 6) is -1.12. The minimum Gasteiger partial charge on any atom is -0.303 e. The molecule has 0 aliphatic carbocycles. The Morgan fingerprint density at radius 1 is 1.40 bits per heavy atom. The van der Waals surface area contributed by atoms with Gasteiger partial charge in [0.15, 0.2) is 0 Å². The summed E-state index contributed by atoms with van der Waals surface area (Å²) in [7, 11) is 0. The van der Waals surface area contributed by atoms with Crippen molar-refractivity contribution in [2.24, 2.45) is 0 Å². The van der Waals surface area contributed by atoms with Crippen molar-refractivity contribution >= 4 is 22.2 Å². The summed E-state index contributed by atoms with van der Waals surface area (Å²) in [6.07, 6.45) is -5.11. The molecule has 1 aromatic carbocycles. The van der Waals surface area contributed by atoms with Gasteiger partial charge in [0.25, 0.3) is 0 Å². The maximum absolute atomic E-state index is 12.1. The summed E-state index contributed by atoms with van der Waals surface area (Å²) in [5, 5.41) is 0. The van der Waals surface area contributed by atoms with E-state index in [1.54, 1.807) is 12.1 Å². The van der Waals surface area contributed by atoms with Crippen LogP contribution in [0.25, 0.3) is 0 Å². The first-order valence-corrected chi connectivity index (χ1v) is 4.99. The third-order valence-corrected chi connectivity index (χ3v) is 2.39. The summed E-state index contributed by atoms with van der Waals surface area (Å²) in [5.41, 5.74) is 0.372. The number of aldehydes is 1. The second-order valence-electron chi connectivity index (χ2n) is 3.12. The van der Waals surface area contributed by atoms with Crippen LogP contribution < -0.4 is 0 Å².